The summed E-state index contributed by atoms with van der Waals surface area (Å²) in [6.45, 7) is 5.80. The second-order valence-electron chi connectivity index (χ2n) is 4.28. The molecule has 1 heterocycles. The van der Waals surface area contributed by atoms with E-state index in [4.69, 9.17) is 0 Å². The van der Waals surface area contributed by atoms with Gasteiger partial charge in [-0.15, -0.1) is 11.3 Å². The molecule has 1 amide bonds. The fraction of sp³-hybridized carbons (Fsp3) is 0.214. The van der Waals surface area contributed by atoms with Crippen molar-refractivity contribution >= 4 is 22.9 Å². The van der Waals surface area contributed by atoms with Crippen molar-refractivity contribution in [3.8, 4) is 5.75 Å². The van der Waals surface area contributed by atoms with Crippen molar-refractivity contribution in [2.75, 3.05) is 5.32 Å². The molecule has 0 saturated carbocycles. The Hall–Kier alpha value is -1.81. The molecule has 4 heteroatoms. The van der Waals surface area contributed by atoms with Gasteiger partial charge in [0.05, 0.1) is 5.56 Å². The quantitative estimate of drug-likeness (QED) is 0.811. The van der Waals surface area contributed by atoms with Crippen molar-refractivity contribution in [3.05, 3.63) is 45.1 Å². The number of carbonyl (C=O) groups is 1. The summed E-state index contributed by atoms with van der Waals surface area (Å²) in [7, 11) is 0. The molecule has 2 rings (SSSR count). The molecule has 2 N–H and O–H groups in total. The Morgan fingerprint density at radius 1 is 1.28 bits per heavy atom. The lowest BCUT2D eigenvalue weighted by atomic mass is 10.1. The maximum atomic E-state index is 12.1. The molecule has 94 valence electrons. The lowest BCUT2D eigenvalue weighted by molar-refractivity contribution is 0.102. The van der Waals surface area contributed by atoms with Gasteiger partial charge in [-0.1, -0.05) is 0 Å². The predicted octanol–water partition coefficient (Wildman–Crippen LogP) is 3.63. The number of benzene rings is 1. The maximum absolute atomic E-state index is 12.1. The van der Waals surface area contributed by atoms with Gasteiger partial charge < -0.3 is 10.4 Å². The number of hydrogen-bond donors (Lipinski definition) is 2. The normalized spacial score (nSPS) is 10.4. The minimum Gasteiger partial charge on any atom is -0.508 e. The predicted molar refractivity (Wildman–Crippen MR) is 74.6 cm³/mol. The zero-order chi connectivity index (χ0) is 13.3. The molecular formula is C14H15NO2S. The largest absolute Gasteiger partial charge is 0.508 e. The van der Waals surface area contributed by atoms with Crippen LogP contribution in [-0.4, -0.2) is 11.0 Å². The molecule has 0 aliphatic heterocycles. The smallest absolute Gasteiger partial charge is 0.256 e. The van der Waals surface area contributed by atoms with Crippen molar-refractivity contribution in [3.63, 3.8) is 0 Å². The van der Waals surface area contributed by atoms with E-state index < -0.39 is 0 Å². The Morgan fingerprint density at radius 2 is 2.00 bits per heavy atom. The van der Waals surface area contributed by atoms with Crippen molar-refractivity contribution in [2.24, 2.45) is 0 Å². The molecule has 0 aliphatic carbocycles. The van der Waals surface area contributed by atoms with Crippen LogP contribution in [-0.2, 0) is 0 Å². The van der Waals surface area contributed by atoms with Crippen molar-refractivity contribution in [2.45, 2.75) is 20.8 Å². The van der Waals surface area contributed by atoms with E-state index in [1.165, 1.54) is 0 Å². The van der Waals surface area contributed by atoms with Crippen LogP contribution in [0.1, 0.15) is 26.4 Å². The summed E-state index contributed by atoms with van der Waals surface area (Å²) in [5.74, 6) is 0.0960. The van der Waals surface area contributed by atoms with E-state index in [1.807, 2.05) is 26.2 Å². The first kappa shape index (κ1) is 12.6. The number of phenolic OH excluding ortho intramolecular Hbond substituents is 1. The average molecular weight is 261 g/mol. The first-order valence-corrected chi connectivity index (χ1v) is 6.52. The molecule has 0 aliphatic rings. The molecule has 0 atom stereocenters. The zero-order valence-corrected chi connectivity index (χ0v) is 11.4. The number of hydrogen-bond acceptors (Lipinski definition) is 3. The summed E-state index contributed by atoms with van der Waals surface area (Å²) in [4.78, 5) is 13.3. The van der Waals surface area contributed by atoms with E-state index >= 15 is 0 Å². The molecule has 3 nitrogen and oxygen atoms in total. The van der Waals surface area contributed by atoms with Gasteiger partial charge in [-0.05, 0) is 50.1 Å². The molecule has 2 aromatic rings. The van der Waals surface area contributed by atoms with Gasteiger partial charge in [0.2, 0.25) is 0 Å². The topological polar surface area (TPSA) is 49.3 Å². The Labute approximate surface area is 110 Å². The number of thiophene rings is 1. The Balaban J connectivity index is 2.24. The molecule has 0 bridgehead atoms. The second kappa shape index (κ2) is 4.82. The first-order valence-electron chi connectivity index (χ1n) is 5.64. The number of phenols is 1. The van der Waals surface area contributed by atoms with Crippen LogP contribution in [0.3, 0.4) is 0 Å². The van der Waals surface area contributed by atoms with Gasteiger partial charge in [0, 0.05) is 15.9 Å². The highest BCUT2D eigenvalue weighted by Gasteiger charge is 2.13. The van der Waals surface area contributed by atoms with Crippen LogP contribution >= 0.6 is 11.3 Å². The Morgan fingerprint density at radius 3 is 2.56 bits per heavy atom. The van der Waals surface area contributed by atoms with Gasteiger partial charge in [-0.25, -0.2) is 0 Å². The van der Waals surface area contributed by atoms with E-state index in [0.29, 0.717) is 5.56 Å². The highest BCUT2D eigenvalue weighted by molar-refractivity contribution is 7.10. The Kier molecular flexibility index (Phi) is 3.39. The third-order valence-electron chi connectivity index (χ3n) is 2.99. The standard InChI is InChI=1S/C14H15NO2S/c1-8-6-11(16)4-5-13(8)15-14(17)12-7-18-10(3)9(12)2/h4-7,16H,1-3H3,(H,15,17). The zero-order valence-electron chi connectivity index (χ0n) is 10.6. The molecule has 0 radical (unpaired) electrons. The summed E-state index contributed by atoms with van der Waals surface area (Å²) in [6.07, 6.45) is 0. The number of anilines is 1. The average Bonchev–Trinajstić information content (AvgIpc) is 2.64. The van der Waals surface area contributed by atoms with Crippen molar-refractivity contribution in [1.82, 2.24) is 0 Å². The van der Waals surface area contributed by atoms with Crippen molar-refractivity contribution < 1.29 is 9.90 Å². The molecule has 1 aromatic heterocycles. The highest BCUT2D eigenvalue weighted by atomic mass is 32.1. The van der Waals surface area contributed by atoms with Gasteiger partial charge in [0.1, 0.15) is 5.75 Å². The van der Waals surface area contributed by atoms with E-state index in [2.05, 4.69) is 5.32 Å². The number of carbonyl (C=O) groups excluding carboxylic acids is 1. The van der Waals surface area contributed by atoms with Crippen LogP contribution in [0.25, 0.3) is 0 Å². The SMILES string of the molecule is Cc1cc(O)ccc1NC(=O)c1csc(C)c1C. The molecule has 0 spiro atoms. The third-order valence-corrected chi connectivity index (χ3v) is 4.00. The maximum Gasteiger partial charge on any atom is 0.256 e. The lowest BCUT2D eigenvalue weighted by Gasteiger charge is -2.08. The van der Waals surface area contributed by atoms with Gasteiger partial charge in [0.15, 0.2) is 0 Å². The summed E-state index contributed by atoms with van der Waals surface area (Å²) in [5.41, 5.74) is 3.30. The number of nitrogens with one attached hydrogen (secondary N) is 1. The van der Waals surface area contributed by atoms with Crippen LogP contribution in [0.5, 0.6) is 5.75 Å². The third kappa shape index (κ3) is 2.38. The Bertz CT molecular complexity index is 602. The first-order chi connectivity index (χ1) is 8.49. The van der Waals surface area contributed by atoms with Crippen LogP contribution < -0.4 is 5.32 Å². The van der Waals surface area contributed by atoms with Gasteiger partial charge in [-0.3, -0.25) is 4.79 Å². The minimum absolute atomic E-state index is 0.106. The van der Waals surface area contributed by atoms with Gasteiger partial charge in [0.25, 0.3) is 5.91 Å². The van der Waals surface area contributed by atoms with Crippen LogP contribution in [0, 0.1) is 20.8 Å². The number of amides is 1. The summed E-state index contributed by atoms with van der Waals surface area (Å²) in [5, 5.41) is 14.1. The molecule has 0 saturated heterocycles. The molecule has 0 unspecified atom stereocenters. The molecule has 0 fully saturated rings. The molecule has 1 aromatic carbocycles. The highest BCUT2D eigenvalue weighted by Crippen LogP contribution is 2.24. The van der Waals surface area contributed by atoms with E-state index in [-0.39, 0.29) is 11.7 Å². The number of rotatable bonds is 2. The summed E-state index contributed by atoms with van der Waals surface area (Å²) in [6, 6.07) is 4.90. The van der Waals surface area contributed by atoms with E-state index in [9.17, 15) is 9.90 Å². The summed E-state index contributed by atoms with van der Waals surface area (Å²) >= 11 is 1.58. The van der Waals surface area contributed by atoms with Gasteiger partial charge in [-0.2, -0.15) is 0 Å². The van der Waals surface area contributed by atoms with Crippen LogP contribution in [0.2, 0.25) is 0 Å². The monoisotopic (exact) mass is 261 g/mol. The minimum atomic E-state index is -0.106. The van der Waals surface area contributed by atoms with Crippen LogP contribution in [0.15, 0.2) is 23.6 Å². The van der Waals surface area contributed by atoms with Crippen LogP contribution in [0.4, 0.5) is 5.69 Å². The molecular weight excluding hydrogens is 246 g/mol. The van der Waals surface area contributed by atoms with E-state index in [0.717, 1.165) is 21.7 Å². The number of aromatic hydroxyl groups is 1. The fourth-order valence-electron chi connectivity index (χ4n) is 1.72. The van der Waals surface area contributed by atoms with Crippen molar-refractivity contribution in [1.29, 1.82) is 0 Å². The molecule has 18 heavy (non-hydrogen) atoms. The van der Waals surface area contributed by atoms with E-state index in [1.54, 1.807) is 29.5 Å². The summed E-state index contributed by atoms with van der Waals surface area (Å²) < 4.78 is 0. The second-order valence-corrected chi connectivity index (χ2v) is 5.37. The fourth-order valence-corrected chi connectivity index (χ4v) is 2.58. The van der Waals surface area contributed by atoms with Gasteiger partial charge >= 0.3 is 0 Å². The lowest BCUT2D eigenvalue weighted by Crippen LogP contribution is -2.13. The number of aryl methyl sites for hydroxylation is 2.